The number of nitrogens with one attached hydrogen (secondary N) is 1. The number of amides is 1. The van der Waals surface area contributed by atoms with Crippen LogP contribution in [0.5, 0.6) is 11.5 Å². The third-order valence-corrected chi connectivity index (χ3v) is 7.67. The highest BCUT2D eigenvalue weighted by atomic mass is 79.9. The minimum atomic E-state index is 0.0335. The number of ether oxygens (including phenoxy) is 2. The second-order valence-electron chi connectivity index (χ2n) is 8.52. The monoisotopic (exact) mass is 548 g/mol. The number of benzene rings is 2. The Kier molecular flexibility index (Phi) is 6.72. The van der Waals surface area contributed by atoms with Crippen molar-refractivity contribution in [3.63, 3.8) is 0 Å². The Balaban J connectivity index is 1.39. The van der Waals surface area contributed by atoms with Crippen molar-refractivity contribution in [1.82, 2.24) is 5.43 Å². The van der Waals surface area contributed by atoms with Crippen molar-refractivity contribution < 1.29 is 14.3 Å². The molecule has 2 fully saturated rings. The van der Waals surface area contributed by atoms with Gasteiger partial charge in [0.25, 0.3) is 0 Å². The van der Waals surface area contributed by atoms with E-state index in [9.17, 15) is 4.79 Å². The first-order valence-corrected chi connectivity index (χ1v) is 12.1. The lowest BCUT2D eigenvalue weighted by Crippen LogP contribution is -2.22. The summed E-state index contributed by atoms with van der Waals surface area (Å²) in [4.78, 5) is 12.6. The maximum Gasteiger partial charge on any atom is 0.244 e. The summed E-state index contributed by atoms with van der Waals surface area (Å²) in [5.74, 6) is 1.88. The van der Waals surface area contributed by atoms with Gasteiger partial charge in [0.05, 0.1) is 17.8 Å². The fourth-order valence-corrected chi connectivity index (χ4v) is 5.62. The van der Waals surface area contributed by atoms with Crippen LogP contribution < -0.4 is 14.9 Å². The van der Waals surface area contributed by atoms with Crippen LogP contribution in [0.1, 0.15) is 43.7 Å². The minimum absolute atomic E-state index is 0.0335. The molecule has 0 heterocycles. The minimum Gasteiger partial charge on any atom is -0.493 e. The van der Waals surface area contributed by atoms with E-state index in [1.54, 1.807) is 13.3 Å². The molecular formula is C24H26Br2N2O3. The average Bonchev–Trinajstić information content (AvgIpc) is 3.39. The fourth-order valence-electron chi connectivity index (χ4n) is 4.78. The lowest BCUT2D eigenvalue weighted by Gasteiger charge is -2.15. The number of nitrogens with zero attached hydrogens (tertiary/aromatic N) is 1. The van der Waals surface area contributed by atoms with E-state index in [4.69, 9.17) is 9.47 Å². The zero-order chi connectivity index (χ0) is 22.0. The summed E-state index contributed by atoms with van der Waals surface area (Å²) in [6, 6.07) is 11.7. The Hall–Kier alpha value is -1.86. The van der Waals surface area contributed by atoms with Gasteiger partial charge < -0.3 is 9.47 Å². The highest BCUT2D eigenvalue weighted by molar-refractivity contribution is 9.10. The normalized spacial score (nSPS) is 24.5. The number of carbonyl (C=O) groups excluding carboxylic acids is 1. The number of halogens is 2. The number of methoxy groups -OCH3 is 1. The number of rotatable bonds is 7. The van der Waals surface area contributed by atoms with Crippen LogP contribution in [-0.2, 0) is 11.4 Å². The molecule has 0 aromatic heterocycles. The summed E-state index contributed by atoms with van der Waals surface area (Å²) in [6.45, 7) is 2.66. The fraction of sp³-hybridized carbons (Fsp3) is 0.417. The van der Waals surface area contributed by atoms with E-state index in [-0.39, 0.29) is 17.2 Å². The van der Waals surface area contributed by atoms with Gasteiger partial charge in [-0.2, -0.15) is 5.10 Å². The van der Waals surface area contributed by atoms with E-state index in [2.05, 4.69) is 49.3 Å². The van der Waals surface area contributed by atoms with Crippen molar-refractivity contribution in [3.05, 3.63) is 56.5 Å². The van der Waals surface area contributed by atoms with Crippen molar-refractivity contribution in [1.29, 1.82) is 0 Å². The van der Waals surface area contributed by atoms with Gasteiger partial charge in [-0.1, -0.05) is 47.8 Å². The molecule has 0 aliphatic heterocycles. The molecule has 0 radical (unpaired) electrons. The quantitative estimate of drug-likeness (QED) is 0.336. The van der Waals surface area contributed by atoms with Gasteiger partial charge in [-0.3, -0.25) is 4.79 Å². The van der Waals surface area contributed by atoms with Crippen LogP contribution in [0, 0.1) is 17.3 Å². The highest BCUT2D eigenvalue weighted by Gasteiger charge is 2.64. The zero-order valence-electron chi connectivity index (χ0n) is 17.7. The zero-order valence-corrected chi connectivity index (χ0v) is 20.8. The van der Waals surface area contributed by atoms with Crippen LogP contribution in [-0.4, -0.2) is 19.2 Å². The number of fused-ring (bicyclic) bond motifs is 1. The number of hydrogen-bond acceptors (Lipinski definition) is 4. The van der Waals surface area contributed by atoms with Gasteiger partial charge in [0, 0.05) is 10.4 Å². The van der Waals surface area contributed by atoms with Gasteiger partial charge >= 0.3 is 0 Å². The van der Waals surface area contributed by atoms with Crippen molar-refractivity contribution in [2.24, 2.45) is 22.4 Å². The lowest BCUT2D eigenvalue weighted by molar-refractivity contribution is -0.123. The van der Waals surface area contributed by atoms with Crippen molar-refractivity contribution in [2.45, 2.75) is 39.2 Å². The Morgan fingerprint density at radius 2 is 2.03 bits per heavy atom. The van der Waals surface area contributed by atoms with Gasteiger partial charge in [-0.25, -0.2) is 5.43 Å². The van der Waals surface area contributed by atoms with Crippen LogP contribution in [0.4, 0.5) is 0 Å². The Morgan fingerprint density at radius 1 is 1.26 bits per heavy atom. The Bertz CT molecular complexity index is 993. The first kappa shape index (κ1) is 22.3. The molecule has 3 atom stereocenters. The summed E-state index contributed by atoms with van der Waals surface area (Å²) in [6.07, 6.45) is 6.40. The first-order chi connectivity index (χ1) is 14.9. The van der Waals surface area contributed by atoms with E-state index in [0.29, 0.717) is 24.0 Å². The van der Waals surface area contributed by atoms with Crippen molar-refractivity contribution in [2.75, 3.05) is 7.11 Å². The van der Waals surface area contributed by atoms with Crippen molar-refractivity contribution in [3.8, 4) is 11.5 Å². The Morgan fingerprint density at radius 3 is 2.71 bits per heavy atom. The second kappa shape index (κ2) is 9.33. The highest BCUT2D eigenvalue weighted by Crippen LogP contribution is 2.66. The summed E-state index contributed by atoms with van der Waals surface area (Å²) in [5.41, 5.74) is 4.78. The molecule has 2 aliphatic carbocycles. The van der Waals surface area contributed by atoms with E-state index >= 15 is 0 Å². The molecular weight excluding hydrogens is 524 g/mol. The molecule has 2 aromatic carbocycles. The van der Waals surface area contributed by atoms with E-state index in [1.165, 1.54) is 12.8 Å². The molecule has 1 N–H and O–H groups in total. The molecule has 0 spiro atoms. The molecule has 0 saturated heterocycles. The standard InChI is InChI=1S/C24H26Br2N2O3/c1-24-10-4-3-5-18(24)21(24)23(29)28-27-13-16-11-19(26)22(20(12-16)30-2)31-14-15-6-8-17(25)9-7-15/h6-9,11-13,18,21H,3-5,10,14H2,1-2H3,(H,28,29)/b27-13-/t18-,21-,24+/m0/s1. The predicted molar refractivity (Wildman–Crippen MR) is 128 cm³/mol. The molecule has 4 rings (SSSR count). The third-order valence-electron chi connectivity index (χ3n) is 6.55. The molecule has 31 heavy (non-hydrogen) atoms. The Labute approximate surface area is 199 Å². The van der Waals surface area contributed by atoms with Crippen LogP contribution in [0.2, 0.25) is 0 Å². The summed E-state index contributed by atoms with van der Waals surface area (Å²) in [7, 11) is 1.60. The lowest BCUT2D eigenvalue weighted by atomic mass is 9.90. The summed E-state index contributed by atoms with van der Waals surface area (Å²) >= 11 is 7.00. The molecule has 164 valence electrons. The smallest absolute Gasteiger partial charge is 0.244 e. The van der Waals surface area contributed by atoms with Crippen LogP contribution in [0.25, 0.3) is 0 Å². The number of hydrazone groups is 1. The van der Waals surface area contributed by atoms with Gasteiger partial charge in [0.1, 0.15) is 6.61 Å². The molecule has 5 nitrogen and oxygen atoms in total. The van der Waals surface area contributed by atoms with Crippen LogP contribution >= 0.6 is 31.9 Å². The topological polar surface area (TPSA) is 59.9 Å². The number of hydrogen-bond donors (Lipinski definition) is 1. The molecule has 2 aliphatic rings. The van der Waals surface area contributed by atoms with Crippen LogP contribution in [0.3, 0.4) is 0 Å². The largest absolute Gasteiger partial charge is 0.493 e. The molecule has 2 saturated carbocycles. The maximum absolute atomic E-state index is 12.6. The predicted octanol–water partition coefficient (Wildman–Crippen LogP) is 6.08. The maximum atomic E-state index is 12.6. The average molecular weight is 550 g/mol. The summed E-state index contributed by atoms with van der Waals surface area (Å²) in [5, 5.41) is 4.19. The summed E-state index contributed by atoms with van der Waals surface area (Å²) < 4.78 is 13.3. The van der Waals surface area contributed by atoms with Crippen LogP contribution in [0.15, 0.2) is 50.4 Å². The van der Waals surface area contributed by atoms with E-state index < -0.39 is 0 Å². The van der Waals surface area contributed by atoms with Gasteiger partial charge in [-0.15, -0.1) is 0 Å². The third kappa shape index (κ3) is 4.82. The molecule has 2 aromatic rings. The molecule has 7 heteroatoms. The van der Waals surface area contributed by atoms with Gasteiger partial charge in [-0.05, 0) is 75.5 Å². The SMILES string of the molecule is COc1cc(/C=N\NC(=O)[C@@H]2[C@@H]3CCCC[C@@]23C)cc(Br)c1OCc1ccc(Br)cc1. The van der Waals surface area contributed by atoms with E-state index in [1.807, 2.05) is 36.4 Å². The molecule has 0 bridgehead atoms. The first-order valence-electron chi connectivity index (χ1n) is 10.5. The van der Waals surface area contributed by atoms with Gasteiger partial charge in [0.2, 0.25) is 5.91 Å². The van der Waals surface area contributed by atoms with Gasteiger partial charge in [0.15, 0.2) is 11.5 Å². The van der Waals surface area contributed by atoms with E-state index in [0.717, 1.165) is 32.9 Å². The molecule has 0 unspecified atom stereocenters. The second-order valence-corrected chi connectivity index (χ2v) is 10.3. The van der Waals surface area contributed by atoms with Crippen molar-refractivity contribution >= 4 is 44.0 Å². The number of carbonyl (C=O) groups is 1. The molecule has 1 amide bonds.